The van der Waals surface area contributed by atoms with Gasteiger partial charge in [-0.05, 0) is 12.3 Å². The van der Waals surface area contributed by atoms with Gasteiger partial charge in [0.2, 0.25) is 0 Å². The second-order valence-corrected chi connectivity index (χ2v) is 11.4. The predicted molar refractivity (Wildman–Crippen MR) is 150 cm³/mol. The first-order valence-corrected chi connectivity index (χ1v) is 14.7. The van der Waals surface area contributed by atoms with E-state index in [1.54, 1.807) is 14.7 Å². The van der Waals surface area contributed by atoms with Crippen molar-refractivity contribution in [3.8, 4) is 0 Å². The summed E-state index contributed by atoms with van der Waals surface area (Å²) >= 11 is 0. The molecule has 0 radical (unpaired) electrons. The molecule has 2 unspecified atom stereocenters. The Bertz CT molecular complexity index is 793. The number of hydrogen-bond donors (Lipinski definition) is 6. The SMILES string of the molecule is O=C(O)CN1CCN(CC(=O)O)CCN(CC(O)CNC(CC2CCCCCC2)C(=O)O)CCN(CC(=O)O)CC1. The minimum atomic E-state index is -1.01. The highest BCUT2D eigenvalue weighted by atomic mass is 16.4. The zero-order valence-corrected chi connectivity index (χ0v) is 24.0. The van der Waals surface area contributed by atoms with Crippen LogP contribution >= 0.6 is 0 Å². The maximum Gasteiger partial charge on any atom is 0.320 e. The molecule has 2 rings (SSSR count). The molecule has 14 nitrogen and oxygen atoms in total. The average molecular weight is 588 g/mol. The van der Waals surface area contributed by atoms with E-state index in [0.717, 1.165) is 25.7 Å². The summed E-state index contributed by atoms with van der Waals surface area (Å²) in [6.07, 6.45) is 6.29. The van der Waals surface area contributed by atoms with Crippen molar-refractivity contribution in [2.45, 2.75) is 57.1 Å². The van der Waals surface area contributed by atoms with Crippen LogP contribution in [0.3, 0.4) is 0 Å². The van der Waals surface area contributed by atoms with E-state index in [4.69, 9.17) is 0 Å². The number of carboxylic acids is 4. The van der Waals surface area contributed by atoms with Crippen LogP contribution in [-0.4, -0.2) is 166 Å². The fourth-order valence-corrected chi connectivity index (χ4v) is 5.65. The first-order chi connectivity index (χ1) is 19.5. The Balaban J connectivity index is 2.03. The van der Waals surface area contributed by atoms with Crippen LogP contribution in [0.2, 0.25) is 0 Å². The summed E-state index contributed by atoms with van der Waals surface area (Å²) in [5.41, 5.74) is 0. The standard InChI is InChI=1S/C27H49N5O9/c33-22(16-28-23(27(40)41)15-21-5-3-1-2-4-6-21)17-29-7-9-30(18-24(34)35)11-13-32(20-26(38)39)14-12-31(10-8-29)19-25(36)37/h21-23,28,33H,1-20H2,(H,34,35)(H,36,37)(H,38,39)(H,40,41). The smallest absolute Gasteiger partial charge is 0.320 e. The lowest BCUT2D eigenvalue weighted by atomic mass is 9.92. The minimum Gasteiger partial charge on any atom is -0.480 e. The molecule has 2 aliphatic rings. The number of aliphatic carboxylic acids is 4. The summed E-state index contributed by atoms with van der Waals surface area (Å²) in [4.78, 5) is 53.2. The average Bonchev–Trinajstić information content (AvgIpc) is 3.15. The second-order valence-electron chi connectivity index (χ2n) is 11.4. The molecule has 1 aliphatic carbocycles. The second kappa shape index (κ2) is 18.9. The Morgan fingerprint density at radius 2 is 1.02 bits per heavy atom. The number of nitrogens with zero attached hydrogens (tertiary/aromatic N) is 4. The maximum atomic E-state index is 11.9. The number of rotatable bonds is 14. The third kappa shape index (κ3) is 15.4. The van der Waals surface area contributed by atoms with Crippen LogP contribution in [0.1, 0.15) is 44.9 Å². The Morgan fingerprint density at radius 3 is 1.39 bits per heavy atom. The molecule has 0 aromatic heterocycles. The van der Waals surface area contributed by atoms with Crippen LogP contribution in [0.25, 0.3) is 0 Å². The summed E-state index contributed by atoms with van der Waals surface area (Å²) in [5, 5.41) is 51.6. The minimum absolute atomic E-state index is 0.0853. The highest BCUT2D eigenvalue weighted by Crippen LogP contribution is 2.26. The third-order valence-electron chi connectivity index (χ3n) is 7.92. The van der Waals surface area contributed by atoms with Crippen molar-refractivity contribution >= 4 is 23.9 Å². The largest absolute Gasteiger partial charge is 0.480 e. The molecule has 6 N–H and O–H groups in total. The Hall–Kier alpha value is -2.36. The number of hydrogen-bond acceptors (Lipinski definition) is 10. The van der Waals surface area contributed by atoms with E-state index in [1.165, 1.54) is 12.8 Å². The predicted octanol–water partition coefficient (Wildman–Crippen LogP) is -0.774. The maximum absolute atomic E-state index is 11.9. The van der Waals surface area contributed by atoms with E-state index < -0.39 is 36.0 Å². The van der Waals surface area contributed by atoms with Crippen LogP contribution in [0.15, 0.2) is 0 Å². The Labute approximate surface area is 241 Å². The van der Waals surface area contributed by atoms with Gasteiger partial charge < -0.3 is 30.8 Å². The number of aliphatic hydroxyl groups is 1. The van der Waals surface area contributed by atoms with Gasteiger partial charge in [0.15, 0.2) is 0 Å². The van der Waals surface area contributed by atoms with Crippen molar-refractivity contribution in [1.29, 1.82) is 0 Å². The van der Waals surface area contributed by atoms with Gasteiger partial charge in [0.25, 0.3) is 0 Å². The highest BCUT2D eigenvalue weighted by molar-refractivity contribution is 5.73. The van der Waals surface area contributed by atoms with Crippen molar-refractivity contribution in [2.75, 3.05) is 85.1 Å². The molecule has 0 bridgehead atoms. The molecule has 236 valence electrons. The molecular formula is C27H49N5O9. The Kier molecular flexibility index (Phi) is 16.1. The van der Waals surface area contributed by atoms with E-state index in [9.17, 15) is 44.7 Å². The highest BCUT2D eigenvalue weighted by Gasteiger charge is 2.25. The van der Waals surface area contributed by atoms with Crippen molar-refractivity contribution in [3.63, 3.8) is 0 Å². The molecule has 1 aliphatic heterocycles. The fourth-order valence-electron chi connectivity index (χ4n) is 5.65. The van der Waals surface area contributed by atoms with Crippen molar-refractivity contribution in [1.82, 2.24) is 24.9 Å². The molecule has 1 saturated heterocycles. The number of carbonyl (C=O) groups is 4. The first kappa shape index (κ1) is 34.8. The molecule has 0 spiro atoms. The zero-order chi connectivity index (χ0) is 30.2. The van der Waals surface area contributed by atoms with Crippen LogP contribution in [-0.2, 0) is 19.2 Å². The molecule has 14 heteroatoms. The summed E-state index contributed by atoms with van der Waals surface area (Å²) in [5.74, 6) is -3.60. The van der Waals surface area contributed by atoms with Gasteiger partial charge in [0, 0.05) is 65.4 Å². The monoisotopic (exact) mass is 587 g/mol. The number of carboxylic acid groups (broad SMARTS) is 4. The van der Waals surface area contributed by atoms with Crippen LogP contribution < -0.4 is 5.32 Å². The van der Waals surface area contributed by atoms with Crippen molar-refractivity contribution in [2.24, 2.45) is 5.92 Å². The normalized spacial score (nSPS) is 21.7. The lowest BCUT2D eigenvalue weighted by Gasteiger charge is -2.34. The van der Waals surface area contributed by atoms with Crippen LogP contribution in [0.4, 0.5) is 0 Å². The molecular weight excluding hydrogens is 538 g/mol. The zero-order valence-electron chi connectivity index (χ0n) is 24.0. The van der Waals surface area contributed by atoms with Gasteiger partial charge in [0.1, 0.15) is 6.04 Å². The van der Waals surface area contributed by atoms with Gasteiger partial charge >= 0.3 is 23.9 Å². The lowest BCUT2D eigenvalue weighted by Crippen LogP contribution is -2.50. The van der Waals surface area contributed by atoms with E-state index in [1.807, 2.05) is 4.90 Å². The molecule has 2 atom stereocenters. The van der Waals surface area contributed by atoms with Crippen LogP contribution in [0, 0.1) is 5.92 Å². The topological polar surface area (TPSA) is 194 Å². The number of aliphatic hydroxyl groups excluding tert-OH is 1. The summed E-state index contributed by atoms with van der Waals surface area (Å²) < 4.78 is 0. The molecule has 2 fully saturated rings. The first-order valence-electron chi connectivity index (χ1n) is 14.7. The van der Waals surface area contributed by atoms with E-state index >= 15 is 0 Å². The van der Waals surface area contributed by atoms with E-state index in [-0.39, 0.29) is 32.7 Å². The van der Waals surface area contributed by atoms with Crippen molar-refractivity contribution < 1.29 is 44.7 Å². The van der Waals surface area contributed by atoms with Gasteiger partial charge in [-0.25, -0.2) is 0 Å². The molecule has 1 heterocycles. The van der Waals surface area contributed by atoms with Gasteiger partial charge in [0.05, 0.1) is 25.7 Å². The number of nitrogens with one attached hydrogen (secondary N) is 1. The Morgan fingerprint density at radius 1 is 0.634 bits per heavy atom. The van der Waals surface area contributed by atoms with E-state index in [2.05, 4.69) is 5.32 Å². The molecule has 41 heavy (non-hydrogen) atoms. The molecule has 0 aromatic rings. The van der Waals surface area contributed by atoms with E-state index in [0.29, 0.717) is 64.7 Å². The van der Waals surface area contributed by atoms with Gasteiger partial charge in [-0.2, -0.15) is 0 Å². The third-order valence-corrected chi connectivity index (χ3v) is 7.92. The summed E-state index contributed by atoms with van der Waals surface area (Å²) in [7, 11) is 0. The summed E-state index contributed by atoms with van der Waals surface area (Å²) in [6.45, 7) is 2.38. The fraction of sp³-hybridized carbons (Fsp3) is 0.852. The molecule has 0 aromatic carbocycles. The quantitative estimate of drug-likeness (QED) is 0.139. The van der Waals surface area contributed by atoms with Crippen LogP contribution in [0.5, 0.6) is 0 Å². The number of β-amino-alcohol motifs (C(OH)–C–C–N with tert-alkyl or cyclic N) is 1. The van der Waals surface area contributed by atoms with Crippen molar-refractivity contribution in [3.05, 3.63) is 0 Å². The van der Waals surface area contributed by atoms with Gasteiger partial charge in [-0.1, -0.05) is 38.5 Å². The molecule has 0 amide bonds. The lowest BCUT2D eigenvalue weighted by molar-refractivity contribution is -0.141. The summed E-state index contributed by atoms with van der Waals surface area (Å²) in [6, 6.07) is -0.745. The molecule has 1 saturated carbocycles. The van der Waals surface area contributed by atoms with Gasteiger partial charge in [-0.3, -0.25) is 38.8 Å². The van der Waals surface area contributed by atoms with Gasteiger partial charge in [-0.15, -0.1) is 0 Å².